The summed E-state index contributed by atoms with van der Waals surface area (Å²) in [5.41, 5.74) is 2.46. The third-order valence-corrected chi connectivity index (χ3v) is 5.68. The number of anilines is 1. The summed E-state index contributed by atoms with van der Waals surface area (Å²) in [7, 11) is 0. The van der Waals surface area contributed by atoms with Crippen molar-refractivity contribution in [2.75, 3.05) is 17.7 Å². The molecule has 0 fully saturated rings. The molecule has 0 atom stereocenters. The van der Waals surface area contributed by atoms with E-state index in [4.69, 9.17) is 16.3 Å². The molecule has 4 rings (SSSR count). The minimum absolute atomic E-state index is 0.133. The Morgan fingerprint density at radius 1 is 1.03 bits per heavy atom. The smallest absolute Gasteiger partial charge is 0.234 e. The van der Waals surface area contributed by atoms with Gasteiger partial charge in [0.05, 0.1) is 12.4 Å². The minimum atomic E-state index is -0.133. The molecule has 0 saturated carbocycles. The lowest BCUT2D eigenvalue weighted by Gasteiger charge is -2.11. The first kappa shape index (κ1) is 21.9. The lowest BCUT2D eigenvalue weighted by atomic mass is 10.2. The van der Waals surface area contributed by atoms with Crippen LogP contribution in [0.5, 0.6) is 5.75 Å². The van der Waals surface area contributed by atoms with Gasteiger partial charge < -0.3 is 10.1 Å². The van der Waals surface area contributed by atoms with E-state index in [1.807, 2.05) is 90.4 Å². The van der Waals surface area contributed by atoms with E-state index in [-0.39, 0.29) is 11.7 Å². The highest BCUT2D eigenvalue weighted by Gasteiger charge is 2.17. The molecule has 1 aromatic heterocycles. The maximum Gasteiger partial charge on any atom is 0.234 e. The van der Waals surface area contributed by atoms with Crippen LogP contribution in [0.25, 0.3) is 17.1 Å². The van der Waals surface area contributed by atoms with Crippen LogP contribution in [0.1, 0.15) is 6.92 Å². The Morgan fingerprint density at radius 3 is 2.53 bits per heavy atom. The molecule has 1 N–H and O–H groups in total. The molecule has 0 aliphatic rings. The van der Waals surface area contributed by atoms with Crippen molar-refractivity contribution in [1.29, 1.82) is 0 Å². The summed E-state index contributed by atoms with van der Waals surface area (Å²) in [5, 5.41) is 12.9. The second-order valence-electron chi connectivity index (χ2n) is 6.78. The summed E-state index contributed by atoms with van der Waals surface area (Å²) in [6, 6.07) is 24.6. The van der Waals surface area contributed by atoms with E-state index in [9.17, 15) is 4.79 Å². The Kier molecular flexibility index (Phi) is 7.09. The SMILES string of the molecule is CCOc1ccc(NC(=O)CSc2nnc(-c3cccc(Cl)c3)n2-c2ccccc2)cc1. The first-order chi connectivity index (χ1) is 15.6. The normalized spacial score (nSPS) is 10.7. The zero-order valence-corrected chi connectivity index (χ0v) is 18.9. The number of carbonyl (C=O) groups excluding carboxylic acids is 1. The van der Waals surface area contributed by atoms with Crippen molar-refractivity contribution >= 4 is 35.0 Å². The quantitative estimate of drug-likeness (QED) is 0.338. The number of benzene rings is 3. The van der Waals surface area contributed by atoms with E-state index >= 15 is 0 Å². The second kappa shape index (κ2) is 10.3. The van der Waals surface area contributed by atoms with Crippen molar-refractivity contribution in [2.45, 2.75) is 12.1 Å². The Hall–Kier alpha value is -3.29. The van der Waals surface area contributed by atoms with Gasteiger partial charge in [-0.15, -0.1) is 10.2 Å². The molecule has 0 aliphatic carbocycles. The lowest BCUT2D eigenvalue weighted by molar-refractivity contribution is -0.113. The van der Waals surface area contributed by atoms with Gasteiger partial charge >= 0.3 is 0 Å². The largest absolute Gasteiger partial charge is 0.494 e. The van der Waals surface area contributed by atoms with Crippen LogP contribution in [0.4, 0.5) is 5.69 Å². The third kappa shape index (κ3) is 5.30. The third-order valence-electron chi connectivity index (χ3n) is 4.51. The topological polar surface area (TPSA) is 69.0 Å². The summed E-state index contributed by atoms with van der Waals surface area (Å²) in [6.07, 6.45) is 0. The van der Waals surface area contributed by atoms with Gasteiger partial charge in [-0.05, 0) is 55.5 Å². The second-order valence-corrected chi connectivity index (χ2v) is 8.16. The number of nitrogens with one attached hydrogen (secondary N) is 1. The van der Waals surface area contributed by atoms with Crippen LogP contribution < -0.4 is 10.1 Å². The highest BCUT2D eigenvalue weighted by atomic mass is 35.5. The van der Waals surface area contributed by atoms with E-state index in [2.05, 4.69) is 15.5 Å². The van der Waals surface area contributed by atoms with Gasteiger partial charge in [-0.25, -0.2) is 0 Å². The van der Waals surface area contributed by atoms with Gasteiger partial charge in [0.1, 0.15) is 5.75 Å². The first-order valence-electron chi connectivity index (χ1n) is 10.1. The van der Waals surface area contributed by atoms with E-state index in [0.29, 0.717) is 28.3 Å². The lowest BCUT2D eigenvalue weighted by Crippen LogP contribution is -2.14. The first-order valence-corrected chi connectivity index (χ1v) is 11.4. The molecule has 0 spiro atoms. The van der Waals surface area contributed by atoms with Crippen molar-refractivity contribution in [3.8, 4) is 22.8 Å². The highest BCUT2D eigenvalue weighted by molar-refractivity contribution is 7.99. The average Bonchev–Trinajstić information content (AvgIpc) is 3.24. The van der Waals surface area contributed by atoms with Crippen LogP contribution in [-0.2, 0) is 4.79 Å². The molecule has 4 aromatic rings. The van der Waals surface area contributed by atoms with Gasteiger partial charge in [-0.3, -0.25) is 9.36 Å². The van der Waals surface area contributed by atoms with Gasteiger partial charge in [0, 0.05) is 22.0 Å². The van der Waals surface area contributed by atoms with Crippen LogP contribution in [0.3, 0.4) is 0 Å². The van der Waals surface area contributed by atoms with Gasteiger partial charge in [0.15, 0.2) is 11.0 Å². The Balaban J connectivity index is 1.52. The molecule has 0 saturated heterocycles. The van der Waals surface area contributed by atoms with E-state index in [1.54, 1.807) is 0 Å². The number of amides is 1. The number of ether oxygens (including phenoxy) is 1. The molecule has 0 bridgehead atoms. The van der Waals surface area contributed by atoms with Gasteiger partial charge in [0.2, 0.25) is 5.91 Å². The van der Waals surface area contributed by atoms with Crippen molar-refractivity contribution in [1.82, 2.24) is 14.8 Å². The number of rotatable bonds is 8. The zero-order chi connectivity index (χ0) is 22.3. The summed E-state index contributed by atoms with van der Waals surface area (Å²) >= 11 is 7.50. The number of aromatic nitrogens is 3. The molecule has 6 nitrogen and oxygen atoms in total. The summed E-state index contributed by atoms with van der Waals surface area (Å²) < 4.78 is 7.36. The van der Waals surface area contributed by atoms with Crippen molar-refractivity contribution < 1.29 is 9.53 Å². The van der Waals surface area contributed by atoms with E-state index in [1.165, 1.54) is 11.8 Å². The molecular formula is C24H21ClN4O2S. The van der Waals surface area contributed by atoms with Crippen molar-refractivity contribution in [3.63, 3.8) is 0 Å². The van der Waals surface area contributed by atoms with Gasteiger partial charge in [0.25, 0.3) is 0 Å². The number of hydrogen-bond donors (Lipinski definition) is 1. The number of halogens is 1. The summed E-state index contributed by atoms with van der Waals surface area (Å²) in [5.74, 6) is 1.48. The molecule has 162 valence electrons. The monoisotopic (exact) mass is 464 g/mol. The van der Waals surface area contributed by atoms with Gasteiger partial charge in [-0.2, -0.15) is 0 Å². The molecule has 32 heavy (non-hydrogen) atoms. The zero-order valence-electron chi connectivity index (χ0n) is 17.4. The van der Waals surface area contributed by atoms with Crippen LogP contribution >= 0.6 is 23.4 Å². The van der Waals surface area contributed by atoms with Crippen LogP contribution in [0.2, 0.25) is 5.02 Å². The summed E-state index contributed by atoms with van der Waals surface area (Å²) in [6.45, 7) is 2.53. The fourth-order valence-electron chi connectivity index (χ4n) is 3.12. The molecule has 1 amide bonds. The van der Waals surface area contributed by atoms with Crippen LogP contribution in [0.15, 0.2) is 84.0 Å². The molecule has 0 radical (unpaired) electrons. The van der Waals surface area contributed by atoms with E-state index < -0.39 is 0 Å². The Bertz CT molecular complexity index is 1200. The number of hydrogen-bond acceptors (Lipinski definition) is 5. The fourth-order valence-corrected chi connectivity index (χ4v) is 4.06. The number of carbonyl (C=O) groups is 1. The molecule has 8 heteroatoms. The molecule has 1 heterocycles. The van der Waals surface area contributed by atoms with E-state index in [0.717, 1.165) is 17.0 Å². The van der Waals surface area contributed by atoms with Crippen molar-refractivity contribution in [3.05, 3.63) is 83.9 Å². The number of thioether (sulfide) groups is 1. The molecule has 3 aromatic carbocycles. The Labute approximate surface area is 195 Å². The van der Waals surface area contributed by atoms with Crippen molar-refractivity contribution in [2.24, 2.45) is 0 Å². The highest BCUT2D eigenvalue weighted by Crippen LogP contribution is 2.29. The maximum absolute atomic E-state index is 12.5. The molecule has 0 aliphatic heterocycles. The fraction of sp³-hybridized carbons (Fsp3) is 0.125. The van der Waals surface area contributed by atoms with Gasteiger partial charge in [-0.1, -0.05) is 53.7 Å². The Morgan fingerprint density at radius 2 is 1.81 bits per heavy atom. The van der Waals surface area contributed by atoms with Crippen LogP contribution in [0, 0.1) is 0 Å². The average molecular weight is 465 g/mol. The predicted molar refractivity (Wildman–Crippen MR) is 129 cm³/mol. The minimum Gasteiger partial charge on any atom is -0.494 e. The standard InChI is InChI=1S/C24H21ClN4O2S/c1-2-31-21-13-11-19(12-14-21)26-22(30)16-32-24-28-27-23(17-7-6-8-18(25)15-17)29(24)20-9-4-3-5-10-20/h3-15H,2,16H2,1H3,(H,26,30). The maximum atomic E-state index is 12.5. The van der Waals surface area contributed by atoms with Crippen LogP contribution in [-0.4, -0.2) is 33.0 Å². The summed E-state index contributed by atoms with van der Waals surface area (Å²) in [4.78, 5) is 12.5. The predicted octanol–water partition coefficient (Wildman–Crippen LogP) is 5.72. The molecular weight excluding hydrogens is 444 g/mol. The number of nitrogens with zero attached hydrogens (tertiary/aromatic N) is 3. The molecule has 0 unspecified atom stereocenters. The number of para-hydroxylation sites is 1.